The summed E-state index contributed by atoms with van der Waals surface area (Å²) in [6, 6.07) is 14.3. The van der Waals surface area contributed by atoms with Gasteiger partial charge in [0.05, 0.1) is 6.04 Å². The van der Waals surface area contributed by atoms with E-state index in [9.17, 15) is 4.79 Å². The molecule has 1 fully saturated rings. The number of nitrogens with zero attached hydrogens (tertiary/aromatic N) is 4. The van der Waals surface area contributed by atoms with E-state index in [2.05, 4.69) is 63.8 Å². The molecule has 0 bridgehead atoms. The molecule has 2 aromatic heterocycles. The standard InChI is InChI=1S/C24H32N6O/c1-3-8-21(23-28-27-22-11-6-7-14-30(22)23)26-24(31)25-20-12-15-29(16-13-20)17-19-10-5-4-9-18(19)2/h4-7,9-11,14,20-21H,3,8,12-13,15-17H2,1-2H3,(H2,25,26,31). The Balaban J connectivity index is 1.30. The number of hydrogen-bond acceptors (Lipinski definition) is 4. The van der Waals surface area contributed by atoms with Gasteiger partial charge in [0, 0.05) is 31.9 Å². The van der Waals surface area contributed by atoms with Gasteiger partial charge in [0.15, 0.2) is 11.5 Å². The molecule has 0 saturated carbocycles. The number of hydrogen-bond donors (Lipinski definition) is 2. The van der Waals surface area contributed by atoms with Crippen LogP contribution in [0.4, 0.5) is 4.79 Å². The van der Waals surface area contributed by atoms with Gasteiger partial charge in [-0.15, -0.1) is 10.2 Å². The second-order valence-electron chi connectivity index (χ2n) is 8.42. The molecule has 4 rings (SSSR count). The molecule has 1 saturated heterocycles. The van der Waals surface area contributed by atoms with Gasteiger partial charge in [0.25, 0.3) is 0 Å². The van der Waals surface area contributed by atoms with Gasteiger partial charge >= 0.3 is 6.03 Å². The number of benzene rings is 1. The molecular weight excluding hydrogens is 388 g/mol. The van der Waals surface area contributed by atoms with E-state index >= 15 is 0 Å². The number of piperidine rings is 1. The summed E-state index contributed by atoms with van der Waals surface area (Å²) in [6.07, 6.45) is 5.64. The lowest BCUT2D eigenvalue weighted by molar-refractivity contribution is 0.185. The lowest BCUT2D eigenvalue weighted by atomic mass is 10.0. The Labute approximate surface area is 183 Å². The van der Waals surface area contributed by atoms with Crippen LogP contribution >= 0.6 is 0 Å². The summed E-state index contributed by atoms with van der Waals surface area (Å²) in [5, 5.41) is 14.9. The Morgan fingerprint density at radius 1 is 1.13 bits per heavy atom. The summed E-state index contributed by atoms with van der Waals surface area (Å²) in [7, 11) is 0. The maximum Gasteiger partial charge on any atom is 0.315 e. The van der Waals surface area contributed by atoms with Gasteiger partial charge < -0.3 is 10.6 Å². The zero-order valence-electron chi connectivity index (χ0n) is 18.4. The molecule has 0 spiro atoms. The summed E-state index contributed by atoms with van der Waals surface area (Å²) in [6.45, 7) is 7.24. The molecule has 1 atom stereocenters. The maximum atomic E-state index is 12.8. The van der Waals surface area contributed by atoms with E-state index in [0.717, 1.165) is 56.8 Å². The fourth-order valence-electron chi connectivity index (χ4n) is 4.30. The van der Waals surface area contributed by atoms with E-state index < -0.39 is 0 Å². The van der Waals surface area contributed by atoms with E-state index in [4.69, 9.17) is 0 Å². The number of carbonyl (C=O) groups is 1. The highest BCUT2D eigenvalue weighted by Crippen LogP contribution is 2.19. The van der Waals surface area contributed by atoms with Crippen molar-refractivity contribution >= 4 is 11.7 Å². The van der Waals surface area contributed by atoms with Gasteiger partial charge in [0.2, 0.25) is 0 Å². The second-order valence-corrected chi connectivity index (χ2v) is 8.42. The third-order valence-corrected chi connectivity index (χ3v) is 6.11. The first-order chi connectivity index (χ1) is 15.1. The minimum absolute atomic E-state index is 0.122. The number of amides is 2. The van der Waals surface area contributed by atoms with Crippen LogP contribution in [-0.4, -0.2) is 44.7 Å². The minimum Gasteiger partial charge on any atom is -0.335 e. The number of nitrogens with one attached hydrogen (secondary N) is 2. The zero-order valence-corrected chi connectivity index (χ0v) is 18.4. The van der Waals surface area contributed by atoms with Gasteiger partial charge in [0.1, 0.15) is 0 Å². The van der Waals surface area contributed by atoms with Crippen LogP contribution in [0.1, 0.15) is 55.6 Å². The molecule has 7 heteroatoms. The SMILES string of the molecule is CCCC(NC(=O)NC1CCN(Cc2ccccc2C)CC1)c1nnc2ccccn12. The first kappa shape index (κ1) is 21.3. The zero-order chi connectivity index (χ0) is 21.6. The summed E-state index contributed by atoms with van der Waals surface area (Å²) >= 11 is 0. The predicted molar refractivity (Wildman–Crippen MR) is 122 cm³/mol. The van der Waals surface area contributed by atoms with E-state index in [1.54, 1.807) is 0 Å². The number of rotatable bonds is 7. The molecule has 31 heavy (non-hydrogen) atoms. The molecule has 164 valence electrons. The van der Waals surface area contributed by atoms with Crippen molar-refractivity contribution in [3.8, 4) is 0 Å². The Morgan fingerprint density at radius 3 is 2.68 bits per heavy atom. The van der Waals surface area contributed by atoms with Gasteiger partial charge in [-0.1, -0.05) is 43.7 Å². The number of aryl methyl sites for hydroxylation is 1. The average Bonchev–Trinajstić information content (AvgIpc) is 3.20. The van der Waals surface area contributed by atoms with Crippen LogP contribution in [0.2, 0.25) is 0 Å². The van der Waals surface area contributed by atoms with Gasteiger partial charge in [-0.25, -0.2) is 4.79 Å². The summed E-state index contributed by atoms with van der Waals surface area (Å²) in [5.41, 5.74) is 3.52. The smallest absolute Gasteiger partial charge is 0.315 e. The van der Waals surface area contributed by atoms with Crippen molar-refractivity contribution in [1.29, 1.82) is 0 Å². The maximum absolute atomic E-state index is 12.8. The van der Waals surface area contributed by atoms with Crippen molar-refractivity contribution in [2.45, 2.75) is 58.2 Å². The highest BCUT2D eigenvalue weighted by atomic mass is 16.2. The molecule has 1 aliphatic rings. The Kier molecular flexibility index (Phi) is 6.82. The molecule has 7 nitrogen and oxygen atoms in total. The number of urea groups is 1. The first-order valence-corrected chi connectivity index (χ1v) is 11.3. The van der Waals surface area contributed by atoms with Crippen LogP contribution in [0.5, 0.6) is 0 Å². The third kappa shape index (κ3) is 5.22. The number of likely N-dealkylation sites (tertiary alicyclic amines) is 1. The van der Waals surface area contributed by atoms with Crippen molar-refractivity contribution in [2.75, 3.05) is 13.1 Å². The van der Waals surface area contributed by atoms with Gasteiger partial charge in [-0.2, -0.15) is 0 Å². The molecule has 2 amide bonds. The molecule has 1 aromatic carbocycles. The lowest BCUT2D eigenvalue weighted by Crippen LogP contribution is -2.48. The molecule has 3 heterocycles. The number of carbonyl (C=O) groups excluding carboxylic acids is 1. The van der Waals surface area contributed by atoms with Crippen molar-refractivity contribution in [2.24, 2.45) is 0 Å². The quantitative estimate of drug-likeness (QED) is 0.609. The monoisotopic (exact) mass is 420 g/mol. The largest absolute Gasteiger partial charge is 0.335 e. The molecular formula is C24H32N6O. The highest BCUT2D eigenvalue weighted by Gasteiger charge is 2.24. The fraction of sp³-hybridized carbons (Fsp3) is 0.458. The summed E-state index contributed by atoms with van der Waals surface area (Å²) < 4.78 is 1.95. The molecule has 1 aliphatic heterocycles. The summed E-state index contributed by atoms with van der Waals surface area (Å²) in [5.74, 6) is 0.778. The average molecular weight is 421 g/mol. The molecule has 1 unspecified atom stereocenters. The molecule has 3 aromatic rings. The van der Waals surface area contributed by atoms with E-state index in [0.29, 0.717) is 0 Å². The Bertz CT molecular complexity index is 1010. The van der Waals surface area contributed by atoms with E-state index in [1.807, 2.05) is 28.8 Å². The minimum atomic E-state index is -0.163. The number of fused-ring (bicyclic) bond motifs is 1. The fourth-order valence-corrected chi connectivity index (χ4v) is 4.30. The predicted octanol–water partition coefficient (Wildman–Crippen LogP) is 3.84. The van der Waals surface area contributed by atoms with Crippen LogP contribution in [0.15, 0.2) is 48.7 Å². The third-order valence-electron chi connectivity index (χ3n) is 6.11. The Hall–Kier alpha value is -2.93. The Morgan fingerprint density at radius 2 is 1.90 bits per heavy atom. The topological polar surface area (TPSA) is 74.6 Å². The van der Waals surface area contributed by atoms with Gasteiger partial charge in [-0.05, 0) is 49.4 Å². The lowest BCUT2D eigenvalue weighted by Gasteiger charge is -2.33. The van der Waals surface area contributed by atoms with Crippen LogP contribution < -0.4 is 10.6 Å². The van der Waals surface area contributed by atoms with E-state index in [1.165, 1.54) is 11.1 Å². The van der Waals surface area contributed by atoms with Crippen LogP contribution in [0.3, 0.4) is 0 Å². The molecule has 2 N–H and O–H groups in total. The second kappa shape index (κ2) is 9.92. The van der Waals surface area contributed by atoms with Gasteiger partial charge in [-0.3, -0.25) is 9.30 Å². The normalized spacial score (nSPS) is 16.3. The van der Waals surface area contributed by atoms with E-state index in [-0.39, 0.29) is 18.1 Å². The van der Waals surface area contributed by atoms with Crippen LogP contribution in [0, 0.1) is 6.92 Å². The van der Waals surface area contributed by atoms with Crippen LogP contribution in [0.25, 0.3) is 5.65 Å². The van der Waals surface area contributed by atoms with Crippen LogP contribution in [-0.2, 0) is 6.54 Å². The van der Waals surface area contributed by atoms with Crippen molar-refractivity contribution in [3.63, 3.8) is 0 Å². The molecule has 0 radical (unpaired) electrons. The molecule has 0 aliphatic carbocycles. The van der Waals surface area contributed by atoms with Crippen molar-refractivity contribution < 1.29 is 4.79 Å². The first-order valence-electron chi connectivity index (χ1n) is 11.3. The van der Waals surface area contributed by atoms with Crippen molar-refractivity contribution in [3.05, 3.63) is 65.6 Å². The highest BCUT2D eigenvalue weighted by molar-refractivity contribution is 5.74. The number of aromatic nitrogens is 3. The van der Waals surface area contributed by atoms with Crippen molar-refractivity contribution in [1.82, 2.24) is 30.1 Å². The summed E-state index contributed by atoms with van der Waals surface area (Å²) in [4.78, 5) is 15.2. The number of pyridine rings is 1.